The van der Waals surface area contributed by atoms with Crippen molar-refractivity contribution in [3.63, 3.8) is 0 Å². The van der Waals surface area contributed by atoms with Gasteiger partial charge in [0.05, 0.1) is 24.5 Å². The van der Waals surface area contributed by atoms with Crippen molar-refractivity contribution in [2.45, 2.75) is 84.5 Å². The van der Waals surface area contributed by atoms with Crippen LogP contribution in [0.5, 0.6) is 0 Å². The van der Waals surface area contributed by atoms with Crippen molar-refractivity contribution in [1.29, 1.82) is 0 Å². The minimum absolute atomic E-state index is 0.00281. The third-order valence-corrected chi connectivity index (χ3v) is 6.95. The van der Waals surface area contributed by atoms with Gasteiger partial charge in [0.25, 0.3) is 0 Å². The first kappa shape index (κ1) is 25.6. The van der Waals surface area contributed by atoms with Crippen molar-refractivity contribution < 1.29 is 24.5 Å². The average Bonchev–Trinajstić information content (AvgIpc) is 2.72. The number of rotatable bonds is 10. The predicted octanol–water partition coefficient (Wildman–Crippen LogP) is 3.38. The lowest BCUT2D eigenvalue weighted by molar-refractivity contribution is -0.158. The summed E-state index contributed by atoms with van der Waals surface area (Å²) in [4.78, 5) is 24.0. The fourth-order valence-corrected chi connectivity index (χ4v) is 4.87. The third kappa shape index (κ3) is 7.18. The number of amides is 1. The average molecular weight is 436 g/mol. The molecule has 176 valence electrons. The van der Waals surface area contributed by atoms with Crippen LogP contribution in [0.15, 0.2) is 23.8 Å². The Morgan fingerprint density at radius 1 is 1.26 bits per heavy atom. The molecule has 6 unspecified atom stereocenters. The maximum absolute atomic E-state index is 12.6. The monoisotopic (exact) mass is 435 g/mol. The van der Waals surface area contributed by atoms with Crippen LogP contribution in [0.4, 0.5) is 0 Å². The minimum Gasteiger partial charge on any atom is -0.461 e. The van der Waals surface area contributed by atoms with Crippen LogP contribution in [0.1, 0.15) is 66.2 Å². The molecule has 0 bridgehead atoms. The highest BCUT2D eigenvalue weighted by Gasteiger charge is 2.41. The highest BCUT2D eigenvalue weighted by atomic mass is 16.5. The van der Waals surface area contributed by atoms with Gasteiger partial charge in [-0.2, -0.15) is 0 Å². The molecular weight excluding hydrogens is 394 g/mol. The highest BCUT2D eigenvalue weighted by Crippen LogP contribution is 2.45. The molecule has 0 heterocycles. The molecule has 31 heavy (non-hydrogen) atoms. The number of allylic oxidation sites excluding steroid dienone is 3. The number of aliphatic hydroxyl groups excluding tert-OH is 2. The van der Waals surface area contributed by atoms with Gasteiger partial charge in [-0.15, -0.1) is 0 Å². The fraction of sp³-hybridized carbons (Fsp3) is 0.760. The molecule has 0 fully saturated rings. The van der Waals surface area contributed by atoms with E-state index in [-0.39, 0.29) is 48.6 Å². The lowest BCUT2D eigenvalue weighted by Gasteiger charge is -2.43. The number of ether oxygens (including phenoxy) is 1. The summed E-state index contributed by atoms with van der Waals surface area (Å²) in [6.07, 6.45) is 8.08. The van der Waals surface area contributed by atoms with Crippen LogP contribution in [0.25, 0.3) is 0 Å². The van der Waals surface area contributed by atoms with Gasteiger partial charge < -0.3 is 20.3 Å². The second-order valence-corrected chi connectivity index (χ2v) is 9.57. The Hall–Kier alpha value is -1.66. The first-order valence-corrected chi connectivity index (χ1v) is 11.8. The van der Waals surface area contributed by atoms with Crippen LogP contribution >= 0.6 is 0 Å². The molecule has 6 nitrogen and oxygen atoms in total. The van der Waals surface area contributed by atoms with E-state index in [0.717, 1.165) is 19.3 Å². The van der Waals surface area contributed by atoms with E-state index in [1.54, 1.807) is 0 Å². The summed E-state index contributed by atoms with van der Waals surface area (Å²) in [5.41, 5.74) is 1.23. The summed E-state index contributed by atoms with van der Waals surface area (Å²) in [6, 6.07) is 0. The lowest BCUT2D eigenvalue weighted by atomic mass is 9.65. The Kier molecular flexibility index (Phi) is 9.76. The molecule has 3 N–H and O–H groups in total. The van der Waals surface area contributed by atoms with Crippen LogP contribution in [-0.2, 0) is 14.3 Å². The largest absolute Gasteiger partial charge is 0.461 e. The number of hydrogen-bond acceptors (Lipinski definition) is 5. The number of hydrogen-bond donors (Lipinski definition) is 3. The van der Waals surface area contributed by atoms with Crippen molar-refractivity contribution in [2.24, 2.45) is 29.6 Å². The second-order valence-electron chi connectivity index (χ2n) is 9.57. The van der Waals surface area contributed by atoms with E-state index in [2.05, 4.69) is 37.4 Å². The molecule has 2 aliphatic rings. The van der Waals surface area contributed by atoms with Crippen molar-refractivity contribution >= 4 is 11.9 Å². The summed E-state index contributed by atoms with van der Waals surface area (Å²) in [5.74, 6) is 0.579. The van der Waals surface area contributed by atoms with Gasteiger partial charge in [-0.25, -0.2) is 0 Å². The molecule has 0 aromatic rings. The maximum Gasteiger partial charge on any atom is 0.308 e. The summed E-state index contributed by atoms with van der Waals surface area (Å²) in [7, 11) is 1.53. The molecule has 0 saturated carbocycles. The molecule has 0 saturated heterocycles. The summed E-state index contributed by atoms with van der Waals surface area (Å²) >= 11 is 0. The molecule has 6 heteroatoms. The number of fused-ring (bicyclic) bond motifs is 1. The molecule has 2 aliphatic carbocycles. The molecule has 0 radical (unpaired) electrons. The Morgan fingerprint density at radius 2 is 1.97 bits per heavy atom. The Balaban J connectivity index is 2.06. The SMILES string of the molecule is CCC(C)C(=O)OC1C[C@@H](C)C=C2C=CC(C)[C@H](CCC(O)CC(O)CC(=O)NC)C21. The molecule has 0 aromatic heterocycles. The first-order chi connectivity index (χ1) is 14.7. The minimum atomic E-state index is -0.853. The Labute approximate surface area is 187 Å². The van der Waals surface area contributed by atoms with Crippen LogP contribution in [-0.4, -0.2) is 47.4 Å². The van der Waals surface area contributed by atoms with Crippen LogP contribution in [0.3, 0.4) is 0 Å². The van der Waals surface area contributed by atoms with Crippen molar-refractivity contribution in [1.82, 2.24) is 5.32 Å². The van der Waals surface area contributed by atoms with E-state index in [9.17, 15) is 19.8 Å². The zero-order chi connectivity index (χ0) is 23.1. The molecule has 0 spiro atoms. The number of nitrogens with one attached hydrogen (secondary N) is 1. The topological polar surface area (TPSA) is 95.9 Å². The van der Waals surface area contributed by atoms with E-state index in [1.807, 2.05) is 13.8 Å². The van der Waals surface area contributed by atoms with E-state index in [1.165, 1.54) is 12.6 Å². The van der Waals surface area contributed by atoms with E-state index in [0.29, 0.717) is 18.3 Å². The maximum atomic E-state index is 12.6. The smallest absolute Gasteiger partial charge is 0.308 e. The zero-order valence-corrected chi connectivity index (χ0v) is 19.7. The number of carbonyl (C=O) groups is 2. The molecule has 1 amide bonds. The first-order valence-electron chi connectivity index (χ1n) is 11.8. The van der Waals surface area contributed by atoms with E-state index >= 15 is 0 Å². The second kappa shape index (κ2) is 11.8. The summed E-state index contributed by atoms with van der Waals surface area (Å²) in [6.45, 7) is 8.24. The van der Waals surface area contributed by atoms with Crippen LogP contribution in [0.2, 0.25) is 0 Å². The third-order valence-electron chi connectivity index (χ3n) is 6.95. The highest BCUT2D eigenvalue weighted by molar-refractivity contribution is 5.76. The fourth-order valence-electron chi connectivity index (χ4n) is 4.87. The van der Waals surface area contributed by atoms with Gasteiger partial charge in [0, 0.05) is 13.0 Å². The van der Waals surface area contributed by atoms with E-state index in [4.69, 9.17) is 4.74 Å². The zero-order valence-electron chi connectivity index (χ0n) is 19.7. The Bertz CT molecular complexity index is 673. The van der Waals surface area contributed by atoms with Gasteiger partial charge in [-0.1, -0.05) is 45.9 Å². The molecule has 2 rings (SSSR count). The number of aliphatic hydroxyl groups is 2. The van der Waals surface area contributed by atoms with Crippen molar-refractivity contribution in [3.8, 4) is 0 Å². The standard InChI is InChI=1S/C25H41NO5/c1-6-16(3)25(30)31-22-12-15(2)11-18-8-7-17(4)21(24(18)22)10-9-19(27)13-20(28)14-23(29)26-5/h7-8,11,15-17,19-22,24,27-28H,6,9-10,12-14H2,1-5H3,(H,26,29)/t15-,16?,17?,19?,20?,21-,22?,24?/m0/s1. The molecular formula is C25H41NO5. The Morgan fingerprint density at radius 3 is 2.61 bits per heavy atom. The van der Waals surface area contributed by atoms with E-state index < -0.39 is 12.2 Å². The van der Waals surface area contributed by atoms with Gasteiger partial charge in [0.1, 0.15) is 6.10 Å². The normalized spacial score (nSPS) is 30.5. The van der Waals surface area contributed by atoms with Gasteiger partial charge >= 0.3 is 5.97 Å². The van der Waals surface area contributed by atoms with Gasteiger partial charge in [0.15, 0.2) is 0 Å². The van der Waals surface area contributed by atoms with Gasteiger partial charge in [0.2, 0.25) is 5.91 Å². The molecule has 0 aliphatic heterocycles. The van der Waals surface area contributed by atoms with Crippen LogP contribution < -0.4 is 5.32 Å². The molecule has 8 atom stereocenters. The quantitative estimate of drug-likeness (QED) is 0.457. The van der Waals surface area contributed by atoms with Crippen LogP contribution in [0, 0.1) is 29.6 Å². The van der Waals surface area contributed by atoms with Crippen molar-refractivity contribution in [3.05, 3.63) is 23.8 Å². The number of esters is 1. The number of carbonyl (C=O) groups excluding carboxylic acids is 2. The predicted molar refractivity (Wildman–Crippen MR) is 121 cm³/mol. The van der Waals surface area contributed by atoms with Crippen molar-refractivity contribution in [2.75, 3.05) is 7.05 Å². The van der Waals surface area contributed by atoms with Gasteiger partial charge in [-0.3, -0.25) is 9.59 Å². The lowest BCUT2D eigenvalue weighted by Crippen LogP contribution is -2.41. The van der Waals surface area contributed by atoms with Gasteiger partial charge in [-0.05, 0) is 55.4 Å². The summed E-state index contributed by atoms with van der Waals surface area (Å²) in [5, 5.41) is 23.0. The summed E-state index contributed by atoms with van der Waals surface area (Å²) < 4.78 is 6.03. The molecule has 0 aromatic carbocycles.